The van der Waals surface area contributed by atoms with E-state index in [-0.39, 0.29) is 24.8 Å². The van der Waals surface area contributed by atoms with Gasteiger partial charge in [0.05, 0.1) is 29.5 Å². The van der Waals surface area contributed by atoms with E-state index in [1.807, 2.05) is 26.0 Å². The molecule has 0 fully saturated rings. The minimum absolute atomic E-state index is 0.0679. The van der Waals surface area contributed by atoms with Gasteiger partial charge in [0, 0.05) is 18.5 Å². The number of halogens is 2. The van der Waals surface area contributed by atoms with Gasteiger partial charge in [-0.15, -0.1) is 0 Å². The molecule has 0 radical (unpaired) electrons. The van der Waals surface area contributed by atoms with Crippen molar-refractivity contribution in [2.75, 3.05) is 19.8 Å². The average molecular weight is 466 g/mol. The number of carbonyl (C=O) groups excluding carboxylic acids is 2. The number of hydrazone groups is 1. The molecule has 0 bridgehead atoms. The Bertz CT molecular complexity index is 935. The average Bonchev–Trinajstić information content (AvgIpc) is 2.75. The molecule has 0 atom stereocenters. The first kappa shape index (κ1) is 24.5. The van der Waals surface area contributed by atoms with Crippen molar-refractivity contribution >= 4 is 41.2 Å². The van der Waals surface area contributed by atoms with Crippen LogP contribution in [0.3, 0.4) is 0 Å². The van der Waals surface area contributed by atoms with Crippen molar-refractivity contribution in [2.24, 2.45) is 5.10 Å². The number of rotatable bonds is 11. The highest BCUT2D eigenvalue weighted by molar-refractivity contribution is 6.42. The minimum atomic E-state index is -0.344. The Morgan fingerprint density at radius 3 is 2.55 bits per heavy atom. The molecular formula is C22H25Cl2N3O4. The Hall–Kier alpha value is -2.77. The van der Waals surface area contributed by atoms with Crippen LogP contribution in [-0.2, 0) is 4.79 Å². The fourth-order valence-electron chi connectivity index (χ4n) is 2.47. The van der Waals surface area contributed by atoms with Crippen LogP contribution in [0, 0.1) is 0 Å². The number of carbonyl (C=O) groups is 2. The number of nitrogens with one attached hydrogen (secondary N) is 2. The predicted octanol–water partition coefficient (Wildman–Crippen LogP) is 4.45. The zero-order chi connectivity index (χ0) is 22.6. The molecule has 2 rings (SSSR count). The zero-order valence-corrected chi connectivity index (χ0v) is 18.9. The quantitative estimate of drug-likeness (QED) is 0.378. The molecule has 0 aromatic heterocycles. The fraction of sp³-hybridized carbons (Fsp3) is 0.318. The molecule has 2 aromatic rings. The second-order valence-electron chi connectivity index (χ2n) is 6.42. The van der Waals surface area contributed by atoms with Crippen LogP contribution in [0.1, 0.15) is 42.6 Å². The van der Waals surface area contributed by atoms with Gasteiger partial charge < -0.3 is 14.8 Å². The lowest BCUT2D eigenvalue weighted by molar-refractivity contribution is -0.120. The van der Waals surface area contributed by atoms with Crippen LogP contribution in [0.5, 0.6) is 11.5 Å². The topological polar surface area (TPSA) is 89.0 Å². The van der Waals surface area contributed by atoms with Crippen molar-refractivity contribution in [2.45, 2.75) is 26.7 Å². The number of hydrogen-bond acceptors (Lipinski definition) is 5. The Balaban J connectivity index is 1.81. The molecule has 7 nitrogen and oxygen atoms in total. The number of amides is 2. The van der Waals surface area contributed by atoms with E-state index in [0.717, 1.165) is 12.0 Å². The Labute approximate surface area is 191 Å². The molecule has 9 heteroatoms. The van der Waals surface area contributed by atoms with Gasteiger partial charge in [0.2, 0.25) is 5.91 Å². The summed E-state index contributed by atoms with van der Waals surface area (Å²) in [5.41, 5.74) is 3.55. The van der Waals surface area contributed by atoms with Crippen molar-refractivity contribution in [3.8, 4) is 11.5 Å². The first-order valence-electron chi connectivity index (χ1n) is 9.89. The molecular weight excluding hydrogens is 441 g/mol. The minimum Gasteiger partial charge on any atom is -0.490 e. The van der Waals surface area contributed by atoms with Crippen molar-refractivity contribution in [3.05, 3.63) is 57.6 Å². The summed E-state index contributed by atoms with van der Waals surface area (Å²) in [7, 11) is 0. The van der Waals surface area contributed by atoms with E-state index in [1.165, 1.54) is 12.3 Å². The molecule has 2 amide bonds. The van der Waals surface area contributed by atoms with E-state index in [0.29, 0.717) is 40.3 Å². The third kappa shape index (κ3) is 8.11. The van der Waals surface area contributed by atoms with Crippen LogP contribution < -0.4 is 20.2 Å². The molecule has 2 aromatic carbocycles. The van der Waals surface area contributed by atoms with Gasteiger partial charge in [-0.1, -0.05) is 30.1 Å². The summed E-state index contributed by atoms with van der Waals surface area (Å²) in [4.78, 5) is 24.0. The monoisotopic (exact) mass is 465 g/mol. The summed E-state index contributed by atoms with van der Waals surface area (Å²) in [6.45, 7) is 5.19. The van der Waals surface area contributed by atoms with Crippen LogP contribution in [0.2, 0.25) is 10.0 Å². The highest BCUT2D eigenvalue weighted by atomic mass is 35.5. The SMILES string of the molecule is CCCOc1ccc(C=NNC(=O)CCNC(=O)c2ccc(Cl)c(Cl)c2)cc1OCC. The van der Waals surface area contributed by atoms with Gasteiger partial charge >= 0.3 is 0 Å². The lowest BCUT2D eigenvalue weighted by atomic mass is 10.2. The number of ether oxygens (including phenoxy) is 2. The van der Waals surface area contributed by atoms with Crippen molar-refractivity contribution in [1.29, 1.82) is 0 Å². The van der Waals surface area contributed by atoms with Gasteiger partial charge in [-0.25, -0.2) is 5.43 Å². The van der Waals surface area contributed by atoms with Crippen molar-refractivity contribution in [1.82, 2.24) is 10.7 Å². The van der Waals surface area contributed by atoms with Crippen LogP contribution in [0.15, 0.2) is 41.5 Å². The largest absolute Gasteiger partial charge is 0.490 e. The van der Waals surface area contributed by atoms with Crippen molar-refractivity contribution in [3.63, 3.8) is 0 Å². The third-order valence-corrected chi connectivity index (χ3v) is 4.69. The van der Waals surface area contributed by atoms with Crippen molar-refractivity contribution < 1.29 is 19.1 Å². The van der Waals surface area contributed by atoms with Crippen LogP contribution in [0.25, 0.3) is 0 Å². The van der Waals surface area contributed by atoms with E-state index in [9.17, 15) is 9.59 Å². The maximum absolute atomic E-state index is 12.1. The van der Waals surface area contributed by atoms with Gasteiger partial charge in [-0.3, -0.25) is 9.59 Å². The molecule has 0 spiro atoms. The predicted molar refractivity (Wildman–Crippen MR) is 123 cm³/mol. The third-order valence-electron chi connectivity index (χ3n) is 3.95. The second kappa shape index (κ2) is 12.8. The Kier molecular flexibility index (Phi) is 10.1. The van der Waals surface area contributed by atoms with Gasteiger partial charge in [-0.2, -0.15) is 5.10 Å². The van der Waals surface area contributed by atoms with Crippen LogP contribution >= 0.6 is 23.2 Å². The standard InChI is InChI=1S/C22H25Cl2N3O4/c1-3-11-31-19-8-5-15(12-20(19)30-4-2)14-26-27-21(28)9-10-25-22(29)16-6-7-17(23)18(24)13-16/h5-8,12-14H,3-4,9-11H2,1-2H3,(H,25,29)(H,27,28). The van der Waals surface area contributed by atoms with E-state index in [2.05, 4.69) is 15.8 Å². The lowest BCUT2D eigenvalue weighted by Crippen LogP contribution is -2.29. The van der Waals surface area contributed by atoms with Crippen LogP contribution in [-0.4, -0.2) is 37.8 Å². The van der Waals surface area contributed by atoms with Gasteiger partial charge in [0.1, 0.15) is 0 Å². The summed E-state index contributed by atoms with van der Waals surface area (Å²) >= 11 is 11.7. The zero-order valence-electron chi connectivity index (χ0n) is 17.4. The molecule has 0 saturated carbocycles. The highest BCUT2D eigenvalue weighted by Crippen LogP contribution is 2.28. The van der Waals surface area contributed by atoms with Crippen LogP contribution in [0.4, 0.5) is 0 Å². The van der Waals surface area contributed by atoms with E-state index < -0.39 is 0 Å². The van der Waals surface area contributed by atoms with E-state index in [1.54, 1.807) is 18.2 Å². The maximum atomic E-state index is 12.1. The molecule has 31 heavy (non-hydrogen) atoms. The second-order valence-corrected chi connectivity index (χ2v) is 7.23. The summed E-state index contributed by atoms with van der Waals surface area (Å²) in [6, 6.07) is 9.99. The molecule has 0 saturated heterocycles. The molecule has 0 aliphatic heterocycles. The molecule has 2 N–H and O–H groups in total. The Morgan fingerprint density at radius 1 is 1.03 bits per heavy atom. The molecule has 0 aliphatic carbocycles. The number of hydrogen-bond donors (Lipinski definition) is 2. The first-order chi connectivity index (χ1) is 14.9. The summed E-state index contributed by atoms with van der Waals surface area (Å²) in [6.07, 6.45) is 2.48. The summed E-state index contributed by atoms with van der Waals surface area (Å²) in [5.74, 6) is 0.612. The smallest absolute Gasteiger partial charge is 0.251 e. The molecule has 0 heterocycles. The van der Waals surface area contributed by atoms with Gasteiger partial charge in [0.25, 0.3) is 5.91 Å². The Morgan fingerprint density at radius 2 is 1.84 bits per heavy atom. The fourth-order valence-corrected chi connectivity index (χ4v) is 2.77. The molecule has 0 aliphatic rings. The summed E-state index contributed by atoms with van der Waals surface area (Å²) < 4.78 is 11.3. The molecule has 166 valence electrons. The summed E-state index contributed by atoms with van der Waals surface area (Å²) in [5, 5.41) is 7.25. The number of benzene rings is 2. The first-order valence-corrected chi connectivity index (χ1v) is 10.6. The normalized spacial score (nSPS) is 10.7. The van der Waals surface area contributed by atoms with Gasteiger partial charge in [-0.05, 0) is 55.3 Å². The maximum Gasteiger partial charge on any atom is 0.251 e. The van der Waals surface area contributed by atoms with E-state index >= 15 is 0 Å². The molecule has 0 unspecified atom stereocenters. The van der Waals surface area contributed by atoms with E-state index in [4.69, 9.17) is 32.7 Å². The van der Waals surface area contributed by atoms with Gasteiger partial charge in [0.15, 0.2) is 11.5 Å². The highest BCUT2D eigenvalue weighted by Gasteiger charge is 2.09. The number of nitrogens with zero attached hydrogens (tertiary/aromatic N) is 1. The lowest BCUT2D eigenvalue weighted by Gasteiger charge is -2.11.